The molecule has 0 fully saturated rings. The standard InChI is InChI=1S/C12H18N4O3/c1-3-10(11(13)16-18)15-12(17)14-8-5-4-6-9(7-8)19-2/h4-7,10,18H,3H2,1-2H3,(H2,13,16)(H2,14,15,17). The average Bonchev–Trinajstić information content (AvgIpc) is 2.44. The lowest BCUT2D eigenvalue weighted by atomic mass is 10.2. The summed E-state index contributed by atoms with van der Waals surface area (Å²) in [5, 5.41) is 16.7. The molecule has 1 aromatic rings. The minimum absolute atomic E-state index is 0.0386. The van der Waals surface area contributed by atoms with Crippen LogP contribution in [0, 0.1) is 0 Å². The summed E-state index contributed by atoms with van der Waals surface area (Å²) in [5.41, 5.74) is 6.04. The summed E-state index contributed by atoms with van der Waals surface area (Å²) in [5.74, 6) is 0.601. The first-order chi connectivity index (χ1) is 9.10. The van der Waals surface area contributed by atoms with Crippen LogP contribution < -0.4 is 21.1 Å². The van der Waals surface area contributed by atoms with Gasteiger partial charge in [0.05, 0.1) is 13.2 Å². The van der Waals surface area contributed by atoms with Crippen molar-refractivity contribution in [2.75, 3.05) is 12.4 Å². The number of amides is 2. The van der Waals surface area contributed by atoms with Gasteiger partial charge >= 0.3 is 6.03 Å². The van der Waals surface area contributed by atoms with Crippen LogP contribution >= 0.6 is 0 Å². The SMILES string of the molecule is CCC(NC(=O)Nc1cccc(OC)c1)/C(N)=N/O. The lowest BCUT2D eigenvalue weighted by Gasteiger charge is -2.16. The summed E-state index contributed by atoms with van der Waals surface area (Å²) in [6.45, 7) is 1.81. The summed E-state index contributed by atoms with van der Waals surface area (Å²) in [7, 11) is 1.55. The smallest absolute Gasteiger partial charge is 0.319 e. The van der Waals surface area contributed by atoms with Crippen molar-refractivity contribution in [3.8, 4) is 5.75 Å². The molecule has 0 aliphatic carbocycles. The Hall–Kier alpha value is -2.44. The van der Waals surface area contributed by atoms with Crippen LogP contribution in [0.5, 0.6) is 5.75 Å². The molecule has 0 aliphatic rings. The van der Waals surface area contributed by atoms with Crippen molar-refractivity contribution in [3.05, 3.63) is 24.3 Å². The number of hydrogen-bond acceptors (Lipinski definition) is 4. The van der Waals surface area contributed by atoms with Crippen LogP contribution in [-0.4, -0.2) is 30.2 Å². The van der Waals surface area contributed by atoms with Gasteiger partial charge in [-0.1, -0.05) is 18.1 Å². The van der Waals surface area contributed by atoms with E-state index < -0.39 is 12.1 Å². The first-order valence-electron chi connectivity index (χ1n) is 5.79. The molecule has 1 atom stereocenters. The van der Waals surface area contributed by atoms with E-state index in [0.717, 1.165) is 0 Å². The molecule has 1 unspecified atom stereocenters. The van der Waals surface area contributed by atoms with Crippen molar-refractivity contribution < 1.29 is 14.7 Å². The van der Waals surface area contributed by atoms with E-state index in [1.54, 1.807) is 31.4 Å². The monoisotopic (exact) mass is 266 g/mol. The first kappa shape index (κ1) is 14.6. The maximum atomic E-state index is 11.7. The van der Waals surface area contributed by atoms with Crippen LogP contribution in [0.4, 0.5) is 10.5 Å². The second-order valence-corrected chi connectivity index (χ2v) is 3.82. The van der Waals surface area contributed by atoms with Gasteiger partial charge in [0.15, 0.2) is 5.84 Å². The van der Waals surface area contributed by atoms with Gasteiger partial charge < -0.3 is 26.3 Å². The fourth-order valence-electron chi connectivity index (χ4n) is 1.48. The van der Waals surface area contributed by atoms with Crippen LogP contribution in [0.25, 0.3) is 0 Å². The number of nitrogens with zero attached hydrogens (tertiary/aromatic N) is 1. The van der Waals surface area contributed by atoms with Crippen molar-refractivity contribution in [1.29, 1.82) is 0 Å². The molecule has 0 saturated carbocycles. The number of ether oxygens (including phenoxy) is 1. The highest BCUT2D eigenvalue weighted by molar-refractivity contribution is 5.94. The minimum Gasteiger partial charge on any atom is -0.497 e. The molecule has 7 nitrogen and oxygen atoms in total. The number of carbonyl (C=O) groups is 1. The third-order valence-electron chi connectivity index (χ3n) is 2.51. The van der Waals surface area contributed by atoms with E-state index in [1.165, 1.54) is 0 Å². The number of nitrogens with one attached hydrogen (secondary N) is 2. The van der Waals surface area contributed by atoms with Gasteiger partial charge in [-0.2, -0.15) is 0 Å². The number of benzene rings is 1. The average molecular weight is 266 g/mol. The number of anilines is 1. The molecule has 0 aliphatic heterocycles. The van der Waals surface area contributed by atoms with Crippen LogP contribution in [0.3, 0.4) is 0 Å². The highest BCUT2D eigenvalue weighted by atomic mass is 16.5. The van der Waals surface area contributed by atoms with Gasteiger partial charge in [-0.3, -0.25) is 0 Å². The zero-order valence-corrected chi connectivity index (χ0v) is 10.9. The van der Waals surface area contributed by atoms with Crippen LogP contribution in [0.15, 0.2) is 29.4 Å². The van der Waals surface area contributed by atoms with E-state index in [1.807, 2.05) is 6.92 Å². The van der Waals surface area contributed by atoms with Gasteiger partial charge in [-0.15, -0.1) is 0 Å². The number of methoxy groups -OCH3 is 1. The van der Waals surface area contributed by atoms with Crippen molar-refractivity contribution in [1.82, 2.24) is 5.32 Å². The Morgan fingerprint density at radius 3 is 2.89 bits per heavy atom. The molecule has 0 heterocycles. The molecule has 0 spiro atoms. The molecule has 0 aromatic heterocycles. The van der Waals surface area contributed by atoms with Crippen molar-refractivity contribution in [2.45, 2.75) is 19.4 Å². The Morgan fingerprint density at radius 1 is 1.58 bits per heavy atom. The summed E-state index contributed by atoms with van der Waals surface area (Å²) in [6, 6.07) is 5.99. The Labute approximate surface area is 111 Å². The quantitative estimate of drug-likeness (QED) is 0.279. The molecule has 1 rings (SSSR count). The maximum Gasteiger partial charge on any atom is 0.319 e. The number of urea groups is 1. The molecule has 0 bridgehead atoms. The number of nitrogens with two attached hydrogens (primary N) is 1. The van der Waals surface area contributed by atoms with E-state index in [2.05, 4.69) is 15.8 Å². The molecule has 104 valence electrons. The molecule has 1 aromatic carbocycles. The molecular weight excluding hydrogens is 248 g/mol. The van der Waals surface area contributed by atoms with E-state index in [0.29, 0.717) is 17.9 Å². The van der Waals surface area contributed by atoms with Gasteiger partial charge in [0.2, 0.25) is 0 Å². The van der Waals surface area contributed by atoms with Gasteiger partial charge in [-0.25, -0.2) is 4.79 Å². The maximum absolute atomic E-state index is 11.7. The van der Waals surface area contributed by atoms with Crippen molar-refractivity contribution >= 4 is 17.6 Å². The van der Waals surface area contributed by atoms with Crippen molar-refractivity contribution in [3.63, 3.8) is 0 Å². The Balaban J connectivity index is 2.64. The molecule has 2 amide bonds. The summed E-state index contributed by atoms with van der Waals surface area (Å²) in [4.78, 5) is 11.7. The zero-order valence-electron chi connectivity index (χ0n) is 10.9. The highest BCUT2D eigenvalue weighted by Crippen LogP contribution is 2.16. The molecule has 19 heavy (non-hydrogen) atoms. The third-order valence-corrected chi connectivity index (χ3v) is 2.51. The van der Waals surface area contributed by atoms with E-state index in [4.69, 9.17) is 15.7 Å². The molecule has 7 heteroatoms. The first-order valence-corrected chi connectivity index (χ1v) is 5.79. The predicted molar refractivity (Wildman–Crippen MR) is 72.6 cm³/mol. The van der Waals surface area contributed by atoms with E-state index in [9.17, 15) is 4.79 Å². The molecule has 0 saturated heterocycles. The summed E-state index contributed by atoms with van der Waals surface area (Å²) < 4.78 is 5.05. The zero-order chi connectivity index (χ0) is 14.3. The number of rotatable bonds is 5. The summed E-state index contributed by atoms with van der Waals surface area (Å²) in [6.07, 6.45) is 0.515. The Kier molecular flexibility index (Phi) is 5.46. The van der Waals surface area contributed by atoms with Gasteiger partial charge in [0.25, 0.3) is 0 Å². The third kappa shape index (κ3) is 4.38. The normalized spacial score (nSPS) is 12.6. The van der Waals surface area contributed by atoms with Gasteiger partial charge in [-0.05, 0) is 18.6 Å². The molecule has 0 radical (unpaired) electrons. The van der Waals surface area contributed by atoms with Gasteiger partial charge in [0.1, 0.15) is 5.75 Å². The largest absolute Gasteiger partial charge is 0.497 e. The lowest BCUT2D eigenvalue weighted by molar-refractivity contribution is 0.250. The number of carbonyl (C=O) groups excluding carboxylic acids is 1. The number of amidine groups is 1. The van der Waals surface area contributed by atoms with Crippen LogP contribution in [0.1, 0.15) is 13.3 Å². The van der Waals surface area contributed by atoms with E-state index >= 15 is 0 Å². The lowest BCUT2D eigenvalue weighted by Crippen LogP contribution is -2.45. The fraction of sp³-hybridized carbons (Fsp3) is 0.333. The predicted octanol–water partition coefficient (Wildman–Crippen LogP) is 1.34. The minimum atomic E-state index is -0.518. The topological polar surface area (TPSA) is 109 Å². The Bertz CT molecular complexity index is 462. The van der Waals surface area contributed by atoms with Crippen LogP contribution in [0.2, 0.25) is 0 Å². The number of hydrogen-bond donors (Lipinski definition) is 4. The van der Waals surface area contributed by atoms with Crippen LogP contribution in [-0.2, 0) is 0 Å². The number of oxime groups is 1. The molecular formula is C12H18N4O3. The van der Waals surface area contributed by atoms with E-state index in [-0.39, 0.29) is 5.84 Å². The van der Waals surface area contributed by atoms with Gasteiger partial charge in [0, 0.05) is 11.8 Å². The van der Waals surface area contributed by atoms with Crippen molar-refractivity contribution in [2.24, 2.45) is 10.9 Å². The molecule has 5 N–H and O–H groups in total. The second kappa shape index (κ2) is 7.10. The highest BCUT2D eigenvalue weighted by Gasteiger charge is 2.14. The second-order valence-electron chi connectivity index (χ2n) is 3.82. The Morgan fingerprint density at radius 2 is 2.32 bits per heavy atom. The fourth-order valence-corrected chi connectivity index (χ4v) is 1.48. The summed E-state index contributed by atoms with van der Waals surface area (Å²) >= 11 is 0.